The number of para-hydroxylation sites is 2. The van der Waals surface area contributed by atoms with Crippen LogP contribution in [-0.2, 0) is 0 Å². The molecule has 0 spiro atoms. The van der Waals surface area contributed by atoms with Gasteiger partial charge in [0, 0.05) is 16.7 Å². The van der Waals surface area contributed by atoms with Gasteiger partial charge in [-0.05, 0) is 45.8 Å². The zero-order valence-electron chi connectivity index (χ0n) is 23.4. The molecule has 6 nitrogen and oxygen atoms in total. The molecule has 0 aliphatic rings. The highest BCUT2D eigenvalue weighted by Gasteiger charge is 2.21. The molecule has 0 saturated carbocycles. The lowest BCUT2D eigenvalue weighted by Crippen LogP contribution is -2.04. The van der Waals surface area contributed by atoms with E-state index in [9.17, 15) is 5.26 Å². The second kappa shape index (κ2) is 10.5. The monoisotopic (exact) mass is 562 g/mol. The summed E-state index contributed by atoms with van der Waals surface area (Å²) in [7, 11) is 0. The third-order valence-corrected chi connectivity index (χ3v) is 7.74. The van der Waals surface area contributed by atoms with E-state index >= 15 is 0 Å². The fourth-order valence-electron chi connectivity index (χ4n) is 5.66. The van der Waals surface area contributed by atoms with Crippen LogP contribution in [0.15, 0.2) is 133 Å². The van der Waals surface area contributed by atoms with E-state index in [1.54, 1.807) is 6.07 Å². The number of nitrogens with zero attached hydrogens (tertiary/aromatic N) is 6. The lowest BCUT2D eigenvalue weighted by Gasteiger charge is -2.13. The third kappa shape index (κ3) is 4.41. The fraction of sp³-hybridized carbons (Fsp3) is 0. The smallest absolute Gasteiger partial charge is 0.184 e. The Morgan fingerprint density at radius 1 is 0.432 bits per heavy atom. The molecule has 204 valence electrons. The van der Waals surface area contributed by atoms with Crippen LogP contribution in [0, 0.1) is 11.3 Å². The molecule has 8 aromatic rings. The van der Waals surface area contributed by atoms with Gasteiger partial charge in [0.25, 0.3) is 0 Å². The Hall–Kier alpha value is -6.32. The Morgan fingerprint density at radius 2 is 0.932 bits per heavy atom. The summed E-state index contributed by atoms with van der Waals surface area (Å²) in [4.78, 5) is 25.3. The van der Waals surface area contributed by atoms with E-state index in [0.717, 1.165) is 49.3 Å². The van der Waals surface area contributed by atoms with E-state index < -0.39 is 0 Å². The molecule has 0 aliphatic carbocycles. The Balaban J connectivity index is 1.46. The standard InChI is InChI=1S/C38H22N6/c39-23-24-10-7-15-27(22-24)34-35(41-33-21-6-5-20-32(33)40-34)38-43-36(30-18-8-13-25-11-1-3-16-28(25)30)42-37(44-38)31-19-9-14-26-12-2-4-17-29(26)31/h1-22H. The number of hydrogen-bond acceptors (Lipinski definition) is 6. The van der Waals surface area contributed by atoms with Crippen molar-refractivity contribution in [3.63, 3.8) is 0 Å². The van der Waals surface area contributed by atoms with Gasteiger partial charge in [-0.25, -0.2) is 24.9 Å². The van der Waals surface area contributed by atoms with Gasteiger partial charge in [-0.1, -0.05) is 109 Å². The van der Waals surface area contributed by atoms with Crippen molar-refractivity contribution in [2.45, 2.75) is 0 Å². The highest BCUT2D eigenvalue weighted by molar-refractivity contribution is 5.98. The quantitative estimate of drug-likeness (QED) is 0.213. The average Bonchev–Trinajstić information content (AvgIpc) is 3.10. The molecule has 2 heterocycles. The summed E-state index contributed by atoms with van der Waals surface area (Å²) in [6.07, 6.45) is 0. The molecule has 8 rings (SSSR count). The van der Waals surface area contributed by atoms with Crippen LogP contribution >= 0.6 is 0 Å². The zero-order chi connectivity index (χ0) is 29.5. The summed E-state index contributed by atoms with van der Waals surface area (Å²) in [5, 5.41) is 13.9. The molecule has 0 bridgehead atoms. The average molecular weight is 563 g/mol. The van der Waals surface area contributed by atoms with E-state index in [4.69, 9.17) is 24.9 Å². The van der Waals surface area contributed by atoms with Gasteiger partial charge in [0.1, 0.15) is 11.4 Å². The van der Waals surface area contributed by atoms with E-state index in [2.05, 4.69) is 42.5 Å². The molecule has 0 fully saturated rings. The first-order valence-electron chi connectivity index (χ1n) is 14.3. The minimum absolute atomic E-state index is 0.404. The third-order valence-electron chi connectivity index (χ3n) is 7.74. The highest BCUT2D eigenvalue weighted by Crippen LogP contribution is 2.35. The van der Waals surface area contributed by atoms with Crippen LogP contribution in [0.5, 0.6) is 0 Å². The van der Waals surface area contributed by atoms with Crippen molar-refractivity contribution >= 4 is 32.6 Å². The van der Waals surface area contributed by atoms with Crippen LogP contribution in [0.4, 0.5) is 0 Å². The number of rotatable bonds is 4. The van der Waals surface area contributed by atoms with Gasteiger partial charge in [-0.3, -0.25) is 0 Å². The van der Waals surface area contributed by atoms with E-state index in [0.29, 0.717) is 34.4 Å². The number of nitriles is 1. The predicted octanol–water partition coefficient (Wildman–Crippen LogP) is 8.66. The Labute approximate surface area is 253 Å². The summed E-state index contributed by atoms with van der Waals surface area (Å²) < 4.78 is 0. The fourth-order valence-corrected chi connectivity index (χ4v) is 5.66. The van der Waals surface area contributed by atoms with Gasteiger partial charge < -0.3 is 0 Å². The molecule has 2 aromatic heterocycles. The maximum absolute atomic E-state index is 9.65. The molecule has 0 saturated heterocycles. The van der Waals surface area contributed by atoms with Crippen LogP contribution in [0.25, 0.3) is 78.1 Å². The zero-order valence-corrected chi connectivity index (χ0v) is 23.4. The van der Waals surface area contributed by atoms with Gasteiger partial charge in [0.15, 0.2) is 17.5 Å². The van der Waals surface area contributed by atoms with Crippen molar-refractivity contribution in [2.75, 3.05) is 0 Å². The minimum Gasteiger partial charge on any atom is -0.244 e. The minimum atomic E-state index is 0.404. The van der Waals surface area contributed by atoms with Crippen molar-refractivity contribution in [2.24, 2.45) is 0 Å². The molecule has 0 amide bonds. The largest absolute Gasteiger partial charge is 0.244 e. The van der Waals surface area contributed by atoms with Crippen LogP contribution in [0.1, 0.15) is 5.56 Å². The van der Waals surface area contributed by atoms with Crippen molar-refractivity contribution < 1.29 is 0 Å². The summed E-state index contributed by atoms with van der Waals surface area (Å²) in [6.45, 7) is 0. The van der Waals surface area contributed by atoms with Gasteiger partial charge in [-0.2, -0.15) is 5.26 Å². The maximum atomic E-state index is 9.65. The molecular formula is C38H22N6. The first kappa shape index (κ1) is 25.4. The van der Waals surface area contributed by atoms with Crippen LogP contribution in [0.2, 0.25) is 0 Å². The first-order valence-corrected chi connectivity index (χ1v) is 14.3. The summed E-state index contributed by atoms with van der Waals surface area (Å²) >= 11 is 0. The Kier molecular flexibility index (Phi) is 6.06. The molecule has 44 heavy (non-hydrogen) atoms. The van der Waals surface area contributed by atoms with Crippen LogP contribution in [0.3, 0.4) is 0 Å². The van der Waals surface area contributed by atoms with E-state index in [1.807, 2.05) is 91.0 Å². The van der Waals surface area contributed by atoms with E-state index in [1.165, 1.54) is 0 Å². The van der Waals surface area contributed by atoms with Gasteiger partial charge in [-0.15, -0.1) is 0 Å². The molecule has 0 aliphatic heterocycles. The summed E-state index contributed by atoms with van der Waals surface area (Å²) in [5.41, 5.74) is 5.67. The molecule has 0 atom stereocenters. The molecule has 0 radical (unpaired) electrons. The molecular weight excluding hydrogens is 540 g/mol. The second-order valence-electron chi connectivity index (χ2n) is 10.5. The maximum Gasteiger partial charge on any atom is 0.184 e. The SMILES string of the molecule is N#Cc1cccc(-c2nc3ccccc3nc2-c2nc(-c3cccc4ccccc34)nc(-c3cccc4ccccc34)n2)c1. The Morgan fingerprint density at radius 3 is 1.55 bits per heavy atom. The summed E-state index contributed by atoms with van der Waals surface area (Å²) in [5.74, 6) is 1.49. The molecule has 0 N–H and O–H groups in total. The van der Waals surface area contributed by atoms with Gasteiger partial charge in [0.2, 0.25) is 0 Å². The van der Waals surface area contributed by atoms with Gasteiger partial charge >= 0.3 is 0 Å². The first-order chi connectivity index (χ1) is 21.7. The number of fused-ring (bicyclic) bond motifs is 3. The van der Waals surface area contributed by atoms with Crippen molar-refractivity contribution in [1.82, 2.24) is 24.9 Å². The summed E-state index contributed by atoms with van der Waals surface area (Å²) in [6, 6.07) is 46.1. The second-order valence-corrected chi connectivity index (χ2v) is 10.5. The topological polar surface area (TPSA) is 88.2 Å². The number of hydrogen-bond donors (Lipinski definition) is 0. The molecule has 6 heteroatoms. The van der Waals surface area contributed by atoms with Crippen LogP contribution < -0.4 is 0 Å². The van der Waals surface area contributed by atoms with E-state index in [-0.39, 0.29) is 0 Å². The predicted molar refractivity (Wildman–Crippen MR) is 174 cm³/mol. The van der Waals surface area contributed by atoms with Gasteiger partial charge in [0.05, 0.1) is 22.7 Å². The van der Waals surface area contributed by atoms with Crippen LogP contribution in [-0.4, -0.2) is 24.9 Å². The van der Waals surface area contributed by atoms with Crippen molar-refractivity contribution in [1.29, 1.82) is 5.26 Å². The van der Waals surface area contributed by atoms with Crippen molar-refractivity contribution in [3.05, 3.63) is 139 Å². The van der Waals surface area contributed by atoms with Crippen molar-refractivity contribution in [3.8, 4) is 51.6 Å². The number of aromatic nitrogens is 5. The molecule has 0 unspecified atom stereocenters. The normalized spacial score (nSPS) is 11.2. The highest BCUT2D eigenvalue weighted by atomic mass is 15.1. The lowest BCUT2D eigenvalue weighted by atomic mass is 10.0. The lowest BCUT2D eigenvalue weighted by molar-refractivity contribution is 1.06. The number of benzene rings is 6. The molecule has 6 aromatic carbocycles. The Bertz CT molecular complexity index is 2320.